The van der Waals surface area contributed by atoms with Gasteiger partial charge < -0.3 is 51.1 Å². The highest BCUT2D eigenvalue weighted by Crippen LogP contribution is 2.44. The number of hydrogen-bond acceptors (Lipinski definition) is 26. The van der Waals surface area contributed by atoms with Crippen LogP contribution in [-0.4, -0.2) is 153 Å². The topological polar surface area (TPSA) is 514 Å². The summed E-state index contributed by atoms with van der Waals surface area (Å²) < 4.78 is 27.0. The van der Waals surface area contributed by atoms with Gasteiger partial charge in [0.1, 0.15) is 36.0 Å². The Hall–Kier alpha value is -16.5. The number of aromatic nitrogens is 23. The molecule has 5 saturated carbocycles. The number of ether oxygens (including phenoxy) is 2. The van der Waals surface area contributed by atoms with E-state index in [-0.39, 0.29) is 30.1 Å². The average Bonchev–Trinajstić information content (AvgIpc) is 1.64. The Labute approximate surface area is 783 Å². The zero-order valence-corrected chi connectivity index (χ0v) is 74.9. The van der Waals surface area contributed by atoms with Crippen LogP contribution in [0.3, 0.4) is 0 Å². The molecule has 135 heavy (non-hydrogen) atoms. The number of aryl methyl sites for hydroxylation is 1. The molecule has 39 nitrogen and oxygen atoms in total. The first-order valence-corrected chi connectivity index (χ1v) is 44.3. The molecule has 0 spiro atoms. The summed E-state index contributed by atoms with van der Waals surface area (Å²) in [6.07, 6.45) is 48.4. The molecular formula is C93H81Cl3N32O7. The lowest BCUT2D eigenvalue weighted by molar-refractivity contribution is -0.136. The van der Waals surface area contributed by atoms with Crippen LogP contribution in [0.1, 0.15) is 241 Å². The number of halogens is 3. The predicted molar refractivity (Wildman–Crippen MR) is 489 cm³/mol. The number of carboxylic acid groups (broad SMARTS) is 1. The fourth-order valence-electron chi connectivity index (χ4n) is 15.0. The van der Waals surface area contributed by atoms with Crippen molar-refractivity contribution < 1.29 is 33.8 Å². The van der Waals surface area contributed by atoms with Gasteiger partial charge in [-0.05, 0) is 202 Å². The third-order valence-electron chi connectivity index (χ3n) is 22.3. The monoisotopic (exact) mass is 1860 g/mol. The highest BCUT2D eigenvalue weighted by Gasteiger charge is 2.31. The second-order valence-corrected chi connectivity index (χ2v) is 33.4. The number of pyridine rings is 7. The minimum atomic E-state index is -1.12. The van der Waals surface area contributed by atoms with Gasteiger partial charge in [-0.2, -0.15) is 26.3 Å². The number of aromatic carboxylic acids is 1. The summed E-state index contributed by atoms with van der Waals surface area (Å²) in [7, 11) is 0. The minimum absolute atomic E-state index is 0.106. The quantitative estimate of drug-likeness (QED) is 0.00877. The molecule has 0 saturated heterocycles. The number of fused-ring (bicyclic) bond motifs is 7. The van der Waals surface area contributed by atoms with Crippen LogP contribution >= 0.6 is 34.8 Å². The number of carbonyl (C=O) groups excluding carboxylic acids is 3. The third-order valence-corrected chi connectivity index (χ3v) is 23.0. The SMILES string of the molecule is C#CC(=O)OCC.CCOC(=O)c1cn(Cc2cn3cc(C4CC4)cc(C#N)c3n2)nn1.N#Cc1cc(C2CC2)cn2cc(CCl)nc12.N#Cc1cc(C2CC2)cn2cc(CN=[N+]=[N-])nc12.N#Cc1cc(C2CC2)cn2cc(Cn3cc(C(=O)CCc4ncn5ccc(Cl)cc45)nn3)nc12.N#Cc1cc(C2CC2)cn2cc(Cn3cc(C(=O)O)nn3)nc12.NCc1ncn2ccc(Cl)cc12. The predicted octanol–water partition coefficient (Wildman–Crippen LogP) is 14.5. The summed E-state index contributed by atoms with van der Waals surface area (Å²) in [4.78, 5) is 78.6. The van der Waals surface area contributed by atoms with Crippen LogP contribution in [0.25, 0.3) is 49.7 Å². The van der Waals surface area contributed by atoms with Crippen molar-refractivity contribution in [3.63, 3.8) is 0 Å². The molecule has 0 amide bonds. The number of nitriles is 5. The smallest absolute Gasteiger partial charge is 0.384 e. The summed E-state index contributed by atoms with van der Waals surface area (Å²) in [6.45, 7) is 5.75. The van der Waals surface area contributed by atoms with Crippen molar-refractivity contribution in [1.29, 1.82) is 26.3 Å². The van der Waals surface area contributed by atoms with Crippen molar-refractivity contribution >= 4 is 97.8 Å². The Balaban J connectivity index is 0.000000119. The van der Waals surface area contributed by atoms with Crippen molar-refractivity contribution in [2.75, 3.05) is 13.2 Å². The van der Waals surface area contributed by atoms with E-state index in [1.165, 1.54) is 95.4 Å². The summed E-state index contributed by atoms with van der Waals surface area (Å²) >= 11 is 17.7. The number of ketones is 1. The third kappa shape index (κ3) is 22.4. The van der Waals surface area contributed by atoms with Gasteiger partial charge in [-0.15, -0.1) is 33.3 Å². The maximum absolute atomic E-state index is 12.7. The van der Waals surface area contributed by atoms with Crippen LogP contribution in [0, 0.1) is 69.0 Å². The molecular weight excluding hydrogens is 1780 g/mol. The molecule has 3 N–H and O–H groups in total. The first-order chi connectivity index (χ1) is 65.6. The van der Waals surface area contributed by atoms with Gasteiger partial charge in [0, 0.05) is 108 Å². The van der Waals surface area contributed by atoms with Crippen LogP contribution in [0.2, 0.25) is 10.0 Å². The Morgan fingerprint density at radius 2 is 0.837 bits per heavy atom. The van der Waals surface area contributed by atoms with E-state index < -0.39 is 17.9 Å². The van der Waals surface area contributed by atoms with Gasteiger partial charge in [-0.1, -0.05) is 44.0 Å². The van der Waals surface area contributed by atoms with Gasteiger partial charge >= 0.3 is 17.9 Å². The second-order valence-electron chi connectivity index (χ2n) is 32.3. The molecule has 17 aromatic rings. The maximum Gasteiger partial charge on any atom is 0.384 e. The van der Waals surface area contributed by atoms with Gasteiger partial charge in [0.15, 0.2) is 45.4 Å². The minimum Gasteiger partial charge on any atom is -0.476 e. The molecule has 17 aromatic heterocycles. The van der Waals surface area contributed by atoms with Crippen LogP contribution in [0.15, 0.2) is 165 Å². The number of alkyl halides is 1. The molecule has 22 rings (SSSR count). The zero-order chi connectivity index (χ0) is 94.5. The van der Waals surface area contributed by atoms with Gasteiger partial charge in [-0.25, -0.2) is 63.3 Å². The van der Waals surface area contributed by atoms with E-state index in [2.05, 4.69) is 124 Å². The highest BCUT2D eigenvalue weighted by atomic mass is 35.5. The van der Waals surface area contributed by atoms with Crippen molar-refractivity contribution in [1.82, 2.24) is 111 Å². The molecule has 0 unspecified atom stereocenters. The molecule has 676 valence electrons. The number of azide groups is 1. The van der Waals surface area contributed by atoms with Crippen LogP contribution in [0.5, 0.6) is 0 Å². The normalized spacial score (nSPS) is 13.4. The van der Waals surface area contributed by atoms with Crippen LogP contribution < -0.4 is 5.73 Å². The van der Waals surface area contributed by atoms with Crippen molar-refractivity contribution in [2.24, 2.45) is 10.8 Å². The standard InChI is InChI=1S/C24H19ClN8O.C17H16N6O2.C15H12N6O2.C12H10ClN3.C12H10N6.C8H8ClN3.C5H6O2/c25-18-5-6-31-14-27-20(22(31)8-18)3-4-23(34)21-13-33(30-29-21)12-19-11-32-10-17(15-1-2-15)7-16(9-26)24(32)28-19;1-2-25-17(24)15-10-23(21-20-15)9-14-8-22-7-13(11-3-4-11)5-12(6-18)16(22)19-14;16-4-10-3-11(9-1-2-9)5-20-6-12(17-14(10)20)7-21-8-13(15(22)23)18-19-21;13-4-11-7-16-6-10(8-1-2-8)3-9(5-14)12(16)15-11;13-4-9-3-10(8-1-2-8)6-18-7-11(5-15-17-14)16-12(9)18;9-6-1-2-12-5-11-7(4-10)8(12)3-6;1-3-5(6)7-4-2/h5-8,10-11,13-15H,1-4,12H2;5,7-8,10-11H,2-4,9H2,1H3;3,5-6,8-9H,1-2,7H2,(H,22,23);3,6-8H,1-2,4H2;3,6-8H,1-2,5H2;1-3,5H,4,10H2;1H,4H2,2H3. The fourth-order valence-corrected chi connectivity index (χ4v) is 15.5. The number of carbonyl (C=O) groups is 4. The number of rotatable bonds is 23. The number of Topliss-reactive ketones (excluding diaryl/α,β-unsaturated/α-hetero) is 1. The van der Waals surface area contributed by atoms with E-state index in [1.807, 2.05) is 148 Å². The van der Waals surface area contributed by atoms with Crippen molar-refractivity contribution in [3.05, 3.63) is 293 Å². The Bertz CT molecular complexity index is 7720. The first kappa shape index (κ1) is 91.8. The van der Waals surface area contributed by atoms with Gasteiger partial charge in [0.25, 0.3) is 0 Å². The maximum atomic E-state index is 12.7. The van der Waals surface area contributed by atoms with E-state index in [9.17, 15) is 35.0 Å². The molecule has 0 aromatic carbocycles. The summed E-state index contributed by atoms with van der Waals surface area (Å²) in [5.41, 5.74) is 33.4. The molecule has 42 heteroatoms. The lowest BCUT2D eigenvalue weighted by Crippen LogP contribution is -2.05. The molecule has 17 heterocycles. The largest absolute Gasteiger partial charge is 0.476 e. The number of nitrogens with zero attached hydrogens (tertiary/aromatic N) is 31. The summed E-state index contributed by atoms with van der Waals surface area (Å²) in [5, 5.41) is 83.5. The second kappa shape index (κ2) is 41.3. The van der Waals surface area contributed by atoms with E-state index >= 15 is 0 Å². The lowest BCUT2D eigenvalue weighted by Gasteiger charge is -2.01. The molecule has 0 radical (unpaired) electrons. The van der Waals surface area contributed by atoms with Gasteiger partial charge in [0.05, 0.1) is 155 Å². The number of nitrogens with two attached hydrogens (primary N) is 1. The van der Waals surface area contributed by atoms with Gasteiger partial charge in [-0.3, -0.25) is 4.79 Å². The Kier molecular flexibility index (Phi) is 28.1. The average molecular weight is 1870 g/mol. The number of esters is 2. The molecule has 0 bridgehead atoms. The lowest BCUT2D eigenvalue weighted by atomic mass is 10.1. The zero-order valence-electron chi connectivity index (χ0n) is 72.6. The molecule has 0 aliphatic heterocycles. The molecule has 5 aliphatic carbocycles. The van der Waals surface area contributed by atoms with Gasteiger partial charge in [0.2, 0.25) is 0 Å². The number of terminal acetylenes is 1. The summed E-state index contributed by atoms with van der Waals surface area (Å²) in [5.74, 6) is 2.75. The van der Waals surface area contributed by atoms with Crippen LogP contribution in [0.4, 0.5) is 0 Å². The molecule has 5 aliphatic rings. The summed E-state index contributed by atoms with van der Waals surface area (Å²) in [6, 6.07) is 28.0. The Morgan fingerprint density at radius 1 is 0.489 bits per heavy atom. The number of hydrogen-bond donors (Lipinski definition) is 2. The van der Waals surface area contributed by atoms with Crippen LogP contribution in [-0.2, 0) is 59.3 Å². The Morgan fingerprint density at radius 3 is 1.19 bits per heavy atom. The molecule has 0 atom stereocenters. The van der Waals surface area contributed by atoms with Crippen molar-refractivity contribution in [2.45, 2.75) is 159 Å². The van der Waals surface area contributed by atoms with E-state index in [0.29, 0.717) is 164 Å². The number of carboxylic acids is 1. The van der Waals surface area contributed by atoms with Crippen molar-refractivity contribution in [3.8, 4) is 42.7 Å². The fraction of sp³-hybridized carbons (Fsp3) is 0.290. The van der Waals surface area contributed by atoms with E-state index in [0.717, 1.165) is 57.9 Å². The van der Waals surface area contributed by atoms with E-state index in [4.69, 9.17) is 66.4 Å². The molecule has 5 fully saturated rings. The number of imidazole rings is 7. The van der Waals surface area contributed by atoms with E-state index in [1.54, 1.807) is 49.4 Å². The highest BCUT2D eigenvalue weighted by molar-refractivity contribution is 6.31. The first-order valence-electron chi connectivity index (χ1n) is 43.0.